The minimum absolute atomic E-state index is 0.00251. The van der Waals surface area contributed by atoms with E-state index in [9.17, 15) is 4.79 Å². The second-order valence-electron chi connectivity index (χ2n) is 10.1. The molecule has 9 heteroatoms. The third-order valence-corrected chi connectivity index (χ3v) is 8.28. The van der Waals surface area contributed by atoms with Gasteiger partial charge in [-0.05, 0) is 44.2 Å². The lowest BCUT2D eigenvalue weighted by atomic mass is 9.98. The van der Waals surface area contributed by atoms with Gasteiger partial charge in [-0.2, -0.15) is 0 Å². The number of likely N-dealkylation sites (tertiary alicyclic amines) is 1. The Kier molecular flexibility index (Phi) is 8.06. The molecule has 0 spiro atoms. The average molecular weight is 514 g/mol. The Balaban J connectivity index is 1.20. The van der Waals surface area contributed by atoms with Crippen molar-refractivity contribution in [3.8, 4) is 0 Å². The van der Waals surface area contributed by atoms with Crippen LogP contribution in [0.3, 0.4) is 0 Å². The lowest BCUT2D eigenvalue weighted by molar-refractivity contribution is -0.0533. The zero-order valence-electron chi connectivity index (χ0n) is 21.2. The van der Waals surface area contributed by atoms with Crippen LogP contribution in [0.25, 0.3) is 0 Å². The number of hydrogen-bond donors (Lipinski definition) is 1. The highest BCUT2D eigenvalue weighted by Crippen LogP contribution is 2.35. The molecule has 3 saturated heterocycles. The molecule has 0 bridgehead atoms. The Morgan fingerprint density at radius 1 is 1.14 bits per heavy atom. The summed E-state index contributed by atoms with van der Waals surface area (Å²) in [6, 6.07) is 8.74. The van der Waals surface area contributed by atoms with Crippen LogP contribution in [0, 0.1) is 6.92 Å². The summed E-state index contributed by atoms with van der Waals surface area (Å²) < 4.78 is 11.1. The monoisotopic (exact) mass is 513 g/mol. The Morgan fingerprint density at radius 2 is 1.94 bits per heavy atom. The molecule has 4 heterocycles. The molecule has 1 aromatic heterocycles. The second-order valence-corrected chi connectivity index (χ2v) is 10.5. The third kappa shape index (κ3) is 5.37. The lowest BCUT2D eigenvalue weighted by Gasteiger charge is -2.38. The van der Waals surface area contributed by atoms with Gasteiger partial charge in [0.05, 0.1) is 12.7 Å². The summed E-state index contributed by atoms with van der Waals surface area (Å²) in [5.74, 6) is 1.20. The number of aromatic nitrogens is 2. The van der Waals surface area contributed by atoms with Gasteiger partial charge >= 0.3 is 0 Å². The fourth-order valence-electron chi connectivity index (χ4n) is 5.82. The fourth-order valence-corrected chi connectivity index (χ4v) is 6.11. The number of nitrogens with one attached hydrogen (secondary N) is 1. The van der Waals surface area contributed by atoms with Crippen LogP contribution in [-0.2, 0) is 9.47 Å². The molecule has 0 saturated carbocycles. The molecule has 3 fully saturated rings. The predicted molar refractivity (Wildman–Crippen MR) is 140 cm³/mol. The first-order chi connectivity index (χ1) is 17.5. The maximum Gasteiger partial charge on any atom is 0.272 e. The molecule has 5 rings (SSSR count). The first kappa shape index (κ1) is 25.4. The maximum atomic E-state index is 13.5. The number of halogens is 1. The number of anilines is 1. The summed E-state index contributed by atoms with van der Waals surface area (Å²) >= 11 is 6.45. The molecule has 1 aromatic carbocycles. The Morgan fingerprint density at radius 3 is 2.72 bits per heavy atom. The molecular formula is C27H36ClN5O3. The lowest BCUT2D eigenvalue weighted by Crippen LogP contribution is -2.54. The molecule has 194 valence electrons. The Bertz CT molecular complexity index is 1060. The van der Waals surface area contributed by atoms with Gasteiger partial charge in [0.15, 0.2) is 0 Å². The number of piperidine rings is 1. The van der Waals surface area contributed by atoms with Crippen molar-refractivity contribution >= 4 is 23.3 Å². The number of ether oxygens (including phenoxy) is 2. The average Bonchev–Trinajstić information content (AvgIpc) is 3.39. The van der Waals surface area contributed by atoms with Gasteiger partial charge in [-0.15, -0.1) is 0 Å². The van der Waals surface area contributed by atoms with E-state index in [0.717, 1.165) is 61.8 Å². The minimum Gasteiger partial charge on any atom is -0.379 e. The van der Waals surface area contributed by atoms with Crippen molar-refractivity contribution < 1.29 is 14.3 Å². The first-order valence-electron chi connectivity index (χ1n) is 13.0. The van der Waals surface area contributed by atoms with Gasteiger partial charge in [0.25, 0.3) is 5.91 Å². The van der Waals surface area contributed by atoms with Gasteiger partial charge in [-0.3, -0.25) is 4.79 Å². The van der Waals surface area contributed by atoms with E-state index >= 15 is 0 Å². The molecule has 3 atom stereocenters. The SMILES string of the molecule is COC1COCCC1NC1CCN(C(=O)c2ncnc(N3CCC(c4ccccc4Cl)C3)c2C)CC1. The number of nitrogens with zero attached hydrogens (tertiary/aromatic N) is 4. The van der Waals surface area contributed by atoms with Crippen molar-refractivity contribution in [3.63, 3.8) is 0 Å². The van der Waals surface area contributed by atoms with Gasteiger partial charge in [0.1, 0.15) is 17.8 Å². The molecule has 36 heavy (non-hydrogen) atoms. The normalized spacial score (nSPS) is 25.4. The van der Waals surface area contributed by atoms with E-state index in [1.54, 1.807) is 7.11 Å². The summed E-state index contributed by atoms with van der Waals surface area (Å²) in [6.07, 6.45) is 5.42. The van der Waals surface area contributed by atoms with Crippen LogP contribution in [0.15, 0.2) is 30.6 Å². The highest BCUT2D eigenvalue weighted by Gasteiger charge is 2.32. The third-order valence-electron chi connectivity index (χ3n) is 7.93. The number of carbonyl (C=O) groups excluding carboxylic acids is 1. The predicted octanol–water partition coefficient (Wildman–Crippen LogP) is 3.43. The van der Waals surface area contributed by atoms with Crippen molar-refractivity contribution in [2.75, 3.05) is 51.4 Å². The maximum absolute atomic E-state index is 13.5. The van der Waals surface area contributed by atoms with Crippen molar-refractivity contribution in [3.05, 3.63) is 52.4 Å². The van der Waals surface area contributed by atoms with Crippen LogP contribution in [0.5, 0.6) is 0 Å². The molecule has 3 aliphatic rings. The van der Waals surface area contributed by atoms with Gasteiger partial charge in [-0.1, -0.05) is 29.8 Å². The fraction of sp³-hybridized carbons (Fsp3) is 0.593. The number of carbonyl (C=O) groups is 1. The van der Waals surface area contributed by atoms with Crippen molar-refractivity contribution in [2.24, 2.45) is 0 Å². The van der Waals surface area contributed by atoms with E-state index in [0.29, 0.717) is 43.4 Å². The summed E-state index contributed by atoms with van der Waals surface area (Å²) in [4.78, 5) is 26.6. The zero-order chi connectivity index (χ0) is 25.1. The molecular weight excluding hydrogens is 478 g/mol. The molecule has 1 amide bonds. The quantitative estimate of drug-likeness (QED) is 0.634. The standard InChI is InChI=1S/C27H36ClN5O3/c1-18-25(27(34)32-12-8-20(9-13-32)31-23-10-14-36-16-24(23)35-2)29-17-30-26(18)33-11-7-19(15-33)21-5-3-4-6-22(21)28/h3-6,17,19-20,23-24,31H,7-16H2,1-2H3. The number of benzene rings is 1. The van der Waals surface area contributed by atoms with Crippen LogP contribution in [0.1, 0.15) is 53.2 Å². The Hall–Kier alpha value is -2.26. The molecule has 8 nitrogen and oxygen atoms in total. The highest BCUT2D eigenvalue weighted by atomic mass is 35.5. The second kappa shape index (κ2) is 11.4. The van der Waals surface area contributed by atoms with Crippen molar-refractivity contribution in [2.45, 2.75) is 56.7 Å². The van der Waals surface area contributed by atoms with Gasteiger partial charge < -0.3 is 24.6 Å². The first-order valence-corrected chi connectivity index (χ1v) is 13.4. The summed E-state index contributed by atoms with van der Waals surface area (Å²) in [5, 5.41) is 4.56. The number of hydrogen-bond acceptors (Lipinski definition) is 7. The topological polar surface area (TPSA) is 79.8 Å². The van der Waals surface area contributed by atoms with E-state index in [-0.39, 0.29) is 12.0 Å². The molecule has 3 unspecified atom stereocenters. The number of methoxy groups -OCH3 is 1. The Labute approximate surface area is 218 Å². The summed E-state index contributed by atoms with van der Waals surface area (Å²) in [7, 11) is 1.74. The minimum atomic E-state index is -0.00251. The van der Waals surface area contributed by atoms with E-state index in [2.05, 4.69) is 26.3 Å². The number of amides is 1. The molecule has 2 aromatic rings. The van der Waals surface area contributed by atoms with Crippen LogP contribution in [-0.4, -0.2) is 85.5 Å². The summed E-state index contributed by atoms with van der Waals surface area (Å²) in [5.41, 5.74) is 2.54. The smallest absolute Gasteiger partial charge is 0.272 e. The molecule has 0 radical (unpaired) electrons. The van der Waals surface area contributed by atoms with Crippen molar-refractivity contribution in [1.29, 1.82) is 0 Å². The number of rotatable bonds is 6. The molecule has 3 aliphatic heterocycles. The highest BCUT2D eigenvalue weighted by molar-refractivity contribution is 6.31. The van der Waals surface area contributed by atoms with E-state index in [1.165, 1.54) is 11.9 Å². The van der Waals surface area contributed by atoms with Gasteiger partial charge in [0.2, 0.25) is 0 Å². The molecule has 1 N–H and O–H groups in total. The molecule has 0 aliphatic carbocycles. The van der Waals surface area contributed by atoms with Crippen LogP contribution in [0.4, 0.5) is 5.82 Å². The van der Waals surface area contributed by atoms with E-state index in [4.69, 9.17) is 21.1 Å². The van der Waals surface area contributed by atoms with Gasteiger partial charge in [0, 0.05) is 68.5 Å². The van der Waals surface area contributed by atoms with E-state index in [1.807, 2.05) is 30.0 Å². The van der Waals surface area contributed by atoms with Crippen LogP contribution >= 0.6 is 11.6 Å². The van der Waals surface area contributed by atoms with E-state index < -0.39 is 0 Å². The summed E-state index contributed by atoms with van der Waals surface area (Å²) in [6.45, 7) is 6.52. The van der Waals surface area contributed by atoms with Crippen LogP contribution < -0.4 is 10.2 Å². The van der Waals surface area contributed by atoms with Gasteiger partial charge in [-0.25, -0.2) is 9.97 Å². The zero-order valence-corrected chi connectivity index (χ0v) is 21.9. The van der Waals surface area contributed by atoms with Crippen LogP contribution in [0.2, 0.25) is 5.02 Å². The largest absolute Gasteiger partial charge is 0.379 e. The van der Waals surface area contributed by atoms with Crippen molar-refractivity contribution in [1.82, 2.24) is 20.2 Å².